The van der Waals surface area contributed by atoms with Gasteiger partial charge in [-0.1, -0.05) is 18.2 Å². The summed E-state index contributed by atoms with van der Waals surface area (Å²) in [4.78, 5) is 12.8. The second-order valence-electron chi connectivity index (χ2n) is 5.51. The van der Waals surface area contributed by atoms with Gasteiger partial charge in [0.1, 0.15) is 5.75 Å². The molecular weight excluding hydrogens is 292 g/mol. The molecular formula is C18H22N2O3. The number of carboxylic acid groups (broad SMARTS) is 1. The molecule has 0 heterocycles. The summed E-state index contributed by atoms with van der Waals surface area (Å²) in [6, 6.07) is 13.0. The minimum absolute atomic E-state index is 0.303. The van der Waals surface area contributed by atoms with Crippen LogP contribution in [0.15, 0.2) is 42.5 Å². The summed E-state index contributed by atoms with van der Waals surface area (Å²) in [7, 11) is 5.64. The zero-order valence-electron chi connectivity index (χ0n) is 13.7. The van der Waals surface area contributed by atoms with Crippen molar-refractivity contribution < 1.29 is 14.6 Å². The van der Waals surface area contributed by atoms with Gasteiger partial charge < -0.3 is 20.1 Å². The maximum atomic E-state index is 10.8. The molecule has 2 N–H and O–H groups in total. The number of ether oxygens (including phenoxy) is 1. The Balaban J connectivity index is 1.94. The van der Waals surface area contributed by atoms with Crippen LogP contribution in [-0.2, 0) is 13.1 Å². The van der Waals surface area contributed by atoms with Crippen molar-refractivity contribution in [1.29, 1.82) is 0 Å². The molecule has 0 radical (unpaired) electrons. The minimum Gasteiger partial charge on any atom is -0.495 e. The highest BCUT2D eigenvalue weighted by atomic mass is 16.5. The standard InChI is InChI=1S/C18H22N2O3/c1-20(2)16-9-6-14(10-17(16)23-3)12-19-11-13-4-7-15(8-5-13)18(21)22/h4-10,19H,11-12H2,1-3H3,(H,21,22). The van der Waals surface area contributed by atoms with E-state index < -0.39 is 5.97 Å². The Morgan fingerprint density at radius 1 is 1.09 bits per heavy atom. The molecule has 0 unspecified atom stereocenters. The molecule has 0 amide bonds. The van der Waals surface area contributed by atoms with Gasteiger partial charge in [0.25, 0.3) is 0 Å². The zero-order chi connectivity index (χ0) is 16.8. The molecule has 0 aliphatic heterocycles. The first-order chi connectivity index (χ1) is 11.0. The molecule has 23 heavy (non-hydrogen) atoms. The zero-order valence-corrected chi connectivity index (χ0v) is 13.7. The molecule has 2 aromatic carbocycles. The van der Waals surface area contributed by atoms with E-state index in [1.165, 1.54) is 0 Å². The number of carbonyl (C=O) groups is 1. The minimum atomic E-state index is -0.905. The van der Waals surface area contributed by atoms with Crippen molar-refractivity contribution in [2.45, 2.75) is 13.1 Å². The summed E-state index contributed by atoms with van der Waals surface area (Å²) in [5.41, 5.74) is 3.53. The van der Waals surface area contributed by atoms with E-state index in [2.05, 4.69) is 11.4 Å². The van der Waals surface area contributed by atoms with Gasteiger partial charge in [-0.3, -0.25) is 0 Å². The van der Waals surface area contributed by atoms with E-state index in [4.69, 9.17) is 9.84 Å². The molecule has 0 spiro atoms. The summed E-state index contributed by atoms with van der Waals surface area (Å²) in [5, 5.41) is 12.2. The Kier molecular flexibility index (Phi) is 5.60. The van der Waals surface area contributed by atoms with Crippen LogP contribution in [0.2, 0.25) is 0 Å². The quantitative estimate of drug-likeness (QED) is 0.823. The van der Waals surface area contributed by atoms with Crippen LogP contribution in [0, 0.1) is 0 Å². The first kappa shape index (κ1) is 16.8. The van der Waals surface area contributed by atoms with E-state index in [1.54, 1.807) is 19.2 Å². The van der Waals surface area contributed by atoms with E-state index >= 15 is 0 Å². The van der Waals surface area contributed by atoms with Gasteiger partial charge in [0, 0.05) is 27.2 Å². The van der Waals surface area contributed by atoms with Crippen LogP contribution < -0.4 is 15.0 Å². The topological polar surface area (TPSA) is 61.8 Å². The first-order valence-electron chi connectivity index (χ1n) is 7.38. The van der Waals surface area contributed by atoms with E-state index in [0.29, 0.717) is 18.7 Å². The maximum absolute atomic E-state index is 10.8. The van der Waals surface area contributed by atoms with E-state index in [-0.39, 0.29) is 0 Å². The Morgan fingerprint density at radius 2 is 1.70 bits per heavy atom. The van der Waals surface area contributed by atoms with Crippen LogP contribution in [0.4, 0.5) is 5.69 Å². The molecule has 0 fully saturated rings. The fourth-order valence-corrected chi connectivity index (χ4v) is 2.32. The summed E-state index contributed by atoms with van der Waals surface area (Å²) in [5.74, 6) is -0.0577. The number of carboxylic acids is 1. The molecule has 0 saturated heterocycles. The smallest absolute Gasteiger partial charge is 0.335 e. The largest absolute Gasteiger partial charge is 0.495 e. The Morgan fingerprint density at radius 3 is 2.26 bits per heavy atom. The SMILES string of the molecule is COc1cc(CNCc2ccc(C(=O)O)cc2)ccc1N(C)C. The van der Waals surface area contributed by atoms with Gasteiger partial charge in [-0.2, -0.15) is 0 Å². The molecule has 5 heteroatoms. The number of nitrogens with one attached hydrogen (secondary N) is 1. The normalized spacial score (nSPS) is 10.4. The first-order valence-corrected chi connectivity index (χ1v) is 7.38. The molecule has 0 bridgehead atoms. The van der Waals surface area contributed by atoms with Crippen LogP contribution in [0.25, 0.3) is 0 Å². The molecule has 5 nitrogen and oxygen atoms in total. The lowest BCUT2D eigenvalue weighted by Gasteiger charge is -2.17. The van der Waals surface area contributed by atoms with Crippen molar-refractivity contribution >= 4 is 11.7 Å². The number of hydrogen-bond donors (Lipinski definition) is 2. The van der Waals surface area contributed by atoms with E-state index in [0.717, 1.165) is 22.6 Å². The van der Waals surface area contributed by atoms with Crippen LogP contribution in [0.3, 0.4) is 0 Å². The number of benzene rings is 2. The van der Waals surface area contributed by atoms with Crippen LogP contribution in [0.1, 0.15) is 21.5 Å². The highest BCUT2D eigenvalue weighted by Gasteiger charge is 2.06. The second kappa shape index (κ2) is 7.65. The molecule has 122 valence electrons. The second-order valence-corrected chi connectivity index (χ2v) is 5.51. The van der Waals surface area contributed by atoms with Gasteiger partial charge in [-0.05, 0) is 35.4 Å². The van der Waals surface area contributed by atoms with Gasteiger partial charge in [-0.25, -0.2) is 4.79 Å². The number of anilines is 1. The van der Waals surface area contributed by atoms with Crippen molar-refractivity contribution in [2.75, 3.05) is 26.1 Å². The number of methoxy groups -OCH3 is 1. The van der Waals surface area contributed by atoms with Crippen molar-refractivity contribution in [2.24, 2.45) is 0 Å². The third kappa shape index (κ3) is 4.47. The fourth-order valence-electron chi connectivity index (χ4n) is 2.32. The summed E-state index contributed by atoms with van der Waals surface area (Å²) >= 11 is 0. The molecule has 0 aliphatic carbocycles. The predicted molar refractivity (Wildman–Crippen MR) is 91.3 cm³/mol. The average Bonchev–Trinajstić information content (AvgIpc) is 2.55. The maximum Gasteiger partial charge on any atom is 0.335 e. The molecule has 2 aromatic rings. The highest BCUT2D eigenvalue weighted by molar-refractivity contribution is 5.87. The summed E-state index contributed by atoms with van der Waals surface area (Å²) in [6.07, 6.45) is 0. The molecule has 2 rings (SSSR count). The monoisotopic (exact) mass is 314 g/mol. The van der Waals surface area contributed by atoms with Crippen molar-refractivity contribution in [3.63, 3.8) is 0 Å². The predicted octanol–water partition coefficient (Wildman–Crippen LogP) is 2.75. The van der Waals surface area contributed by atoms with Crippen molar-refractivity contribution in [3.05, 3.63) is 59.2 Å². The molecule has 0 atom stereocenters. The number of hydrogen-bond acceptors (Lipinski definition) is 4. The average molecular weight is 314 g/mol. The van der Waals surface area contributed by atoms with Crippen LogP contribution >= 0.6 is 0 Å². The Hall–Kier alpha value is -2.53. The van der Waals surface area contributed by atoms with E-state index in [1.807, 2.05) is 43.3 Å². The van der Waals surface area contributed by atoms with Crippen molar-refractivity contribution in [3.8, 4) is 5.75 Å². The van der Waals surface area contributed by atoms with Crippen LogP contribution in [-0.4, -0.2) is 32.3 Å². The number of rotatable bonds is 7. The van der Waals surface area contributed by atoms with Crippen molar-refractivity contribution in [1.82, 2.24) is 5.32 Å². The third-order valence-electron chi connectivity index (χ3n) is 3.59. The van der Waals surface area contributed by atoms with Gasteiger partial charge in [0.05, 0.1) is 18.4 Å². The molecule has 0 saturated carbocycles. The summed E-state index contributed by atoms with van der Waals surface area (Å²) < 4.78 is 5.42. The number of aromatic carboxylic acids is 1. The Bertz CT molecular complexity index is 666. The lowest BCUT2D eigenvalue weighted by Crippen LogP contribution is -2.14. The van der Waals surface area contributed by atoms with E-state index in [9.17, 15) is 4.79 Å². The van der Waals surface area contributed by atoms with Gasteiger partial charge >= 0.3 is 5.97 Å². The fraction of sp³-hybridized carbons (Fsp3) is 0.278. The lowest BCUT2D eigenvalue weighted by atomic mass is 10.1. The van der Waals surface area contributed by atoms with Gasteiger partial charge in [0.15, 0.2) is 0 Å². The summed E-state index contributed by atoms with van der Waals surface area (Å²) in [6.45, 7) is 1.39. The molecule has 0 aromatic heterocycles. The van der Waals surface area contributed by atoms with Gasteiger partial charge in [0.2, 0.25) is 0 Å². The Labute approximate surface area is 136 Å². The molecule has 0 aliphatic rings. The van der Waals surface area contributed by atoms with Gasteiger partial charge in [-0.15, -0.1) is 0 Å². The van der Waals surface area contributed by atoms with Crippen LogP contribution in [0.5, 0.6) is 5.75 Å². The lowest BCUT2D eigenvalue weighted by molar-refractivity contribution is 0.0697. The number of nitrogens with zero attached hydrogens (tertiary/aromatic N) is 1. The highest BCUT2D eigenvalue weighted by Crippen LogP contribution is 2.27. The third-order valence-corrected chi connectivity index (χ3v) is 3.59.